The van der Waals surface area contributed by atoms with Crippen LogP contribution in [0.25, 0.3) is 0 Å². The van der Waals surface area contributed by atoms with Crippen LogP contribution in [0.3, 0.4) is 0 Å². The van der Waals surface area contributed by atoms with Gasteiger partial charge in [0.2, 0.25) is 5.91 Å². The standard InChI is InChI=1S/C14H20N2O/c1-12-5-4-6-13(11-12)15-14(17)7-10-16-8-2-3-9-16/h4-6,11H,2-3,7-10H2,1H3,(H,15,17)/p+1. The zero-order valence-electron chi connectivity index (χ0n) is 10.5. The molecule has 1 amide bonds. The quantitative estimate of drug-likeness (QED) is 0.799. The van der Waals surface area contributed by atoms with Gasteiger partial charge in [0.05, 0.1) is 26.1 Å². The van der Waals surface area contributed by atoms with E-state index >= 15 is 0 Å². The summed E-state index contributed by atoms with van der Waals surface area (Å²) in [5.41, 5.74) is 2.08. The number of amides is 1. The van der Waals surface area contributed by atoms with E-state index in [0.717, 1.165) is 12.2 Å². The van der Waals surface area contributed by atoms with E-state index in [2.05, 4.69) is 5.32 Å². The van der Waals surface area contributed by atoms with Gasteiger partial charge in [-0.25, -0.2) is 0 Å². The van der Waals surface area contributed by atoms with E-state index in [1.165, 1.54) is 31.5 Å². The summed E-state index contributed by atoms with van der Waals surface area (Å²) in [7, 11) is 0. The number of benzene rings is 1. The number of quaternary nitrogens is 1. The lowest BCUT2D eigenvalue weighted by molar-refractivity contribution is -0.886. The molecule has 1 aliphatic heterocycles. The van der Waals surface area contributed by atoms with Crippen LogP contribution in [0.1, 0.15) is 24.8 Å². The number of carbonyl (C=O) groups is 1. The molecule has 92 valence electrons. The zero-order chi connectivity index (χ0) is 12.1. The van der Waals surface area contributed by atoms with Gasteiger partial charge in [-0.15, -0.1) is 0 Å². The minimum atomic E-state index is 0.134. The highest BCUT2D eigenvalue weighted by atomic mass is 16.1. The molecular formula is C14H21N2O+. The Balaban J connectivity index is 1.76. The van der Waals surface area contributed by atoms with E-state index in [9.17, 15) is 4.79 Å². The SMILES string of the molecule is Cc1cccc(NC(=O)CC[NH+]2CCCC2)c1. The maximum atomic E-state index is 11.8. The van der Waals surface area contributed by atoms with Crippen LogP contribution in [-0.4, -0.2) is 25.5 Å². The first-order valence-corrected chi connectivity index (χ1v) is 6.44. The fraction of sp³-hybridized carbons (Fsp3) is 0.500. The molecule has 0 aliphatic carbocycles. The van der Waals surface area contributed by atoms with Gasteiger partial charge < -0.3 is 10.2 Å². The van der Waals surface area contributed by atoms with Crippen LogP contribution in [0.15, 0.2) is 24.3 Å². The molecule has 0 atom stereocenters. The van der Waals surface area contributed by atoms with Crippen molar-refractivity contribution >= 4 is 11.6 Å². The fourth-order valence-electron chi connectivity index (χ4n) is 2.36. The van der Waals surface area contributed by atoms with Gasteiger partial charge in [0.15, 0.2) is 0 Å². The van der Waals surface area contributed by atoms with Gasteiger partial charge in [-0.3, -0.25) is 4.79 Å². The van der Waals surface area contributed by atoms with Gasteiger partial charge in [0.1, 0.15) is 0 Å². The molecule has 0 spiro atoms. The molecule has 0 bridgehead atoms. The molecule has 1 aromatic carbocycles. The summed E-state index contributed by atoms with van der Waals surface area (Å²) in [6.45, 7) is 5.47. The molecular weight excluding hydrogens is 212 g/mol. The maximum absolute atomic E-state index is 11.8. The van der Waals surface area contributed by atoms with E-state index in [1.54, 1.807) is 4.90 Å². The monoisotopic (exact) mass is 233 g/mol. The molecule has 0 radical (unpaired) electrons. The predicted molar refractivity (Wildman–Crippen MR) is 69.2 cm³/mol. The Morgan fingerprint density at radius 3 is 2.82 bits per heavy atom. The van der Waals surface area contributed by atoms with Crippen LogP contribution in [-0.2, 0) is 4.79 Å². The second-order valence-electron chi connectivity index (χ2n) is 4.87. The van der Waals surface area contributed by atoms with Gasteiger partial charge in [-0.05, 0) is 24.6 Å². The molecule has 1 aliphatic rings. The van der Waals surface area contributed by atoms with E-state index < -0.39 is 0 Å². The average Bonchev–Trinajstić information content (AvgIpc) is 2.79. The average molecular weight is 233 g/mol. The molecule has 3 nitrogen and oxygen atoms in total. The first kappa shape index (κ1) is 12.1. The Hall–Kier alpha value is -1.35. The molecule has 0 saturated carbocycles. The van der Waals surface area contributed by atoms with Crippen molar-refractivity contribution in [3.63, 3.8) is 0 Å². The molecule has 1 saturated heterocycles. The van der Waals surface area contributed by atoms with Crippen LogP contribution >= 0.6 is 0 Å². The first-order valence-electron chi connectivity index (χ1n) is 6.44. The number of rotatable bonds is 4. The van der Waals surface area contributed by atoms with Gasteiger partial charge in [-0.1, -0.05) is 12.1 Å². The van der Waals surface area contributed by atoms with E-state index in [-0.39, 0.29) is 5.91 Å². The van der Waals surface area contributed by atoms with Crippen molar-refractivity contribution < 1.29 is 9.69 Å². The van der Waals surface area contributed by atoms with Crippen molar-refractivity contribution in [2.45, 2.75) is 26.2 Å². The van der Waals surface area contributed by atoms with Crippen molar-refractivity contribution in [1.29, 1.82) is 0 Å². The van der Waals surface area contributed by atoms with E-state index in [1.807, 2.05) is 31.2 Å². The summed E-state index contributed by atoms with van der Waals surface area (Å²) in [4.78, 5) is 13.3. The predicted octanol–water partition coefficient (Wildman–Crippen LogP) is 1.00. The molecule has 1 heterocycles. The molecule has 3 heteroatoms. The molecule has 17 heavy (non-hydrogen) atoms. The van der Waals surface area contributed by atoms with Crippen molar-refractivity contribution in [2.24, 2.45) is 0 Å². The van der Waals surface area contributed by atoms with Crippen LogP contribution in [0.4, 0.5) is 5.69 Å². The largest absolute Gasteiger partial charge is 0.334 e. The second kappa shape index (κ2) is 5.82. The summed E-state index contributed by atoms with van der Waals surface area (Å²) >= 11 is 0. The molecule has 1 aromatic rings. The molecule has 0 unspecified atom stereocenters. The van der Waals surface area contributed by atoms with Crippen LogP contribution < -0.4 is 10.2 Å². The highest BCUT2D eigenvalue weighted by Crippen LogP contribution is 2.09. The van der Waals surface area contributed by atoms with E-state index in [4.69, 9.17) is 0 Å². The lowest BCUT2D eigenvalue weighted by Gasteiger charge is -2.11. The maximum Gasteiger partial charge on any atom is 0.230 e. The number of hydrogen-bond acceptors (Lipinski definition) is 1. The first-order chi connectivity index (χ1) is 8.24. The number of nitrogens with one attached hydrogen (secondary N) is 2. The second-order valence-corrected chi connectivity index (χ2v) is 4.87. The van der Waals surface area contributed by atoms with Crippen molar-refractivity contribution in [3.8, 4) is 0 Å². The summed E-state index contributed by atoms with van der Waals surface area (Å²) in [5, 5.41) is 2.95. The zero-order valence-corrected chi connectivity index (χ0v) is 10.5. The number of hydrogen-bond donors (Lipinski definition) is 2. The lowest BCUT2D eigenvalue weighted by atomic mass is 10.2. The van der Waals surface area contributed by atoms with Gasteiger partial charge in [0.25, 0.3) is 0 Å². The summed E-state index contributed by atoms with van der Waals surface area (Å²) in [5.74, 6) is 0.134. The number of anilines is 1. The molecule has 0 aromatic heterocycles. The Bertz CT molecular complexity index is 384. The smallest absolute Gasteiger partial charge is 0.230 e. The number of aryl methyl sites for hydroxylation is 1. The Kier molecular flexibility index (Phi) is 4.15. The highest BCUT2D eigenvalue weighted by molar-refractivity contribution is 5.90. The fourth-order valence-corrected chi connectivity index (χ4v) is 2.36. The van der Waals surface area contributed by atoms with E-state index in [0.29, 0.717) is 6.42 Å². The third kappa shape index (κ3) is 3.86. The Labute approximate surface area is 103 Å². The topological polar surface area (TPSA) is 33.5 Å². The molecule has 2 N–H and O–H groups in total. The summed E-state index contributed by atoms with van der Waals surface area (Å²) < 4.78 is 0. The van der Waals surface area contributed by atoms with Crippen molar-refractivity contribution in [1.82, 2.24) is 0 Å². The van der Waals surface area contributed by atoms with Crippen LogP contribution in [0.5, 0.6) is 0 Å². The number of likely N-dealkylation sites (tertiary alicyclic amines) is 1. The number of carbonyl (C=O) groups excluding carboxylic acids is 1. The Morgan fingerprint density at radius 1 is 1.35 bits per heavy atom. The van der Waals surface area contributed by atoms with Gasteiger partial charge in [0, 0.05) is 18.5 Å². The highest BCUT2D eigenvalue weighted by Gasteiger charge is 2.16. The van der Waals surface area contributed by atoms with Crippen LogP contribution in [0.2, 0.25) is 0 Å². The van der Waals surface area contributed by atoms with Crippen LogP contribution in [0, 0.1) is 6.92 Å². The summed E-state index contributed by atoms with van der Waals surface area (Å²) in [6.07, 6.45) is 3.26. The van der Waals surface area contributed by atoms with Gasteiger partial charge in [-0.2, -0.15) is 0 Å². The molecule has 2 rings (SSSR count). The van der Waals surface area contributed by atoms with Gasteiger partial charge >= 0.3 is 0 Å². The van der Waals surface area contributed by atoms with Crippen molar-refractivity contribution in [2.75, 3.05) is 25.0 Å². The normalized spacial score (nSPS) is 16.1. The third-order valence-corrected chi connectivity index (χ3v) is 3.32. The lowest BCUT2D eigenvalue weighted by Crippen LogP contribution is -3.10. The summed E-state index contributed by atoms with van der Waals surface area (Å²) in [6, 6.07) is 7.94. The van der Waals surface area contributed by atoms with Crippen molar-refractivity contribution in [3.05, 3.63) is 29.8 Å². The minimum Gasteiger partial charge on any atom is -0.334 e. The Morgan fingerprint density at radius 2 is 2.12 bits per heavy atom. The third-order valence-electron chi connectivity index (χ3n) is 3.32. The minimum absolute atomic E-state index is 0.134. The molecule has 1 fully saturated rings.